The maximum Gasteiger partial charge on any atom is 0.178 e. The quantitative estimate of drug-likeness (QED) is 0.563. The number of hydrogen-bond acceptors (Lipinski definition) is 1. The van der Waals surface area contributed by atoms with Crippen molar-refractivity contribution in [3.63, 3.8) is 0 Å². The lowest BCUT2D eigenvalue weighted by atomic mass is 9.91. The fourth-order valence-corrected chi connectivity index (χ4v) is 2.16. The van der Waals surface area contributed by atoms with Crippen molar-refractivity contribution >= 4 is 17.4 Å². The molecule has 0 saturated heterocycles. The number of carbonyl (C=O) groups excluding carboxylic acids is 1. The fourth-order valence-electron chi connectivity index (χ4n) is 2.03. The van der Waals surface area contributed by atoms with Crippen molar-refractivity contribution in [1.29, 1.82) is 0 Å². The molecule has 1 nitrogen and oxygen atoms in total. The van der Waals surface area contributed by atoms with E-state index in [1.54, 1.807) is 0 Å². The van der Waals surface area contributed by atoms with Crippen LogP contribution in [0.5, 0.6) is 0 Å². The molecule has 0 aromatic heterocycles. The van der Waals surface area contributed by atoms with Crippen LogP contribution >= 0.6 is 11.6 Å². The number of halogens is 1. The smallest absolute Gasteiger partial charge is 0.178 e. The number of ketones is 1. The summed E-state index contributed by atoms with van der Waals surface area (Å²) < 4.78 is 0. The minimum atomic E-state index is 0.0537. The molecule has 0 N–H and O–H groups in total. The lowest BCUT2D eigenvalue weighted by molar-refractivity contribution is 0.101. The van der Waals surface area contributed by atoms with Crippen LogP contribution in [-0.4, -0.2) is 11.7 Å². The van der Waals surface area contributed by atoms with Gasteiger partial charge in [-0.15, -0.1) is 11.6 Å². The minimum Gasteiger partial charge on any atom is -0.293 e. The summed E-state index contributed by atoms with van der Waals surface area (Å²) in [6.07, 6.45) is 2.78. The molecule has 0 heterocycles. The van der Waals surface area contributed by atoms with Crippen molar-refractivity contribution < 1.29 is 4.79 Å². The molecule has 0 aliphatic carbocycles. The van der Waals surface area contributed by atoms with Gasteiger partial charge in [-0.3, -0.25) is 4.79 Å². The van der Waals surface area contributed by atoms with E-state index in [-0.39, 0.29) is 11.7 Å². The highest BCUT2D eigenvalue weighted by molar-refractivity contribution is 6.30. The predicted octanol–water partition coefficient (Wildman–Crippen LogP) is 3.80. The van der Waals surface area contributed by atoms with E-state index in [1.165, 1.54) is 5.56 Å². The largest absolute Gasteiger partial charge is 0.293 e. The fraction of sp³-hybridized carbons (Fsp3) is 0.500. The Balaban J connectivity index is 3.37. The molecular formula is C14H19ClO. The van der Waals surface area contributed by atoms with Crippen molar-refractivity contribution in [3.8, 4) is 0 Å². The first-order valence-corrected chi connectivity index (χ1v) is 6.45. The van der Waals surface area contributed by atoms with E-state index in [1.807, 2.05) is 0 Å². The molecular weight excluding hydrogens is 220 g/mol. The normalized spacial score (nSPS) is 10.5. The maximum atomic E-state index is 11.8. The molecule has 0 atom stereocenters. The Morgan fingerprint density at radius 1 is 1.06 bits per heavy atom. The molecule has 0 aliphatic heterocycles. The summed E-state index contributed by atoms with van der Waals surface area (Å²) in [5.74, 6) is 0.129. The van der Waals surface area contributed by atoms with Gasteiger partial charge in [0.2, 0.25) is 0 Å². The van der Waals surface area contributed by atoms with Crippen LogP contribution in [0.25, 0.3) is 0 Å². The van der Waals surface area contributed by atoms with Crippen molar-refractivity contribution in [2.24, 2.45) is 0 Å². The highest BCUT2D eigenvalue weighted by Gasteiger charge is 2.14. The number of carbonyl (C=O) groups is 1. The van der Waals surface area contributed by atoms with Gasteiger partial charge in [0, 0.05) is 5.56 Å². The van der Waals surface area contributed by atoms with Crippen molar-refractivity contribution in [2.75, 3.05) is 5.88 Å². The third kappa shape index (κ3) is 2.65. The second kappa shape index (κ2) is 6.05. The topological polar surface area (TPSA) is 17.1 Å². The summed E-state index contributed by atoms with van der Waals surface area (Å²) in [4.78, 5) is 11.8. The monoisotopic (exact) mass is 238 g/mol. The zero-order chi connectivity index (χ0) is 12.1. The maximum absolute atomic E-state index is 11.8. The van der Waals surface area contributed by atoms with E-state index in [0.717, 1.165) is 36.0 Å². The van der Waals surface area contributed by atoms with E-state index in [4.69, 9.17) is 11.6 Å². The Labute approximate surface area is 103 Å². The van der Waals surface area contributed by atoms with Gasteiger partial charge < -0.3 is 0 Å². The van der Waals surface area contributed by atoms with E-state index in [2.05, 4.69) is 32.9 Å². The summed E-state index contributed by atoms with van der Waals surface area (Å²) in [5.41, 5.74) is 4.45. The van der Waals surface area contributed by atoms with E-state index < -0.39 is 0 Å². The van der Waals surface area contributed by atoms with E-state index in [9.17, 15) is 4.79 Å². The zero-order valence-electron chi connectivity index (χ0n) is 10.3. The lowest BCUT2D eigenvalue weighted by Crippen LogP contribution is -2.10. The van der Waals surface area contributed by atoms with Gasteiger partial charge >= 0.3 is 0 Å². The molecule has 0 fully saturated rings. The van der Waals surface area contributed by atoms with Crippen molar-refractivity contribution in [2.45, 2.75) is 40.0 Å². The Kier molecular flexibility index (Phi) is 5.01. The highest BCUT2D eigenvalue weighted by Crippen LogP contribution is 2.21. The van der Waals surface area contributed by atoms with E-state index in [0.29, 0.717) is 0 Å². The summed E-state index contributed by atoms with van der Waals surface area (Å²) in [6.45, 7) is 6.30. The first kappa shape index (κ1) is 13.2. The number of Topliss-reactive ketones (excluding diaryl/α,β-unsaturated/α-hetero) is 1. The number of alkyl halides is 1. The number of rotatable bonds is 5. The number of aryl methyl sites for hydroxylation is 3. The van der Waals surface area contributed by atoms with Crippen LogP contribution in [0.15, 0.2) is 12.1 Å². The molecule has 0 unspecified atom stereocenters. The number of hydrogen-bond donors (Lipinski definition) is 0. The summed E-state index contributed by atoms with van der Waals surface area (Å²) in [6, 6.07) is 4.28. The van der Waals surface area contributed by atoms with Crippen LogP contribution in [0.2, 0.25) is 0 Å². The second-order valence-corrected chi connectivity index (χ2v) is 4.17. The summed E-state index contributed by atoms with van der Waals surface area (Å²) in [7, 11) is 0. The van der Waals surface area contributed by atoms with Gasteiger partial charge in [-0.05, 0) is 36.0 Å². The third-order valence-corrected chi connectivity index (χ3v) is 3.17. The average molecular weight is 239 g/mol. The van der Waals surface area contributed by atoms with Crippen LogP contribution in [0.1, 0.15) is 47.8 Å². The van der Waals surface area contributed by atoms with Gasteiger partial charge in [0.1, 0.15) is 0 Å². The Bertz CT molecular complexity index is 357. The average Bonchev–Trinajstić information content (AvgIpc) is 2.35. The standard InChI is InChI=1S/C14H19ClO/c1-4-10-7-11(5-2)14(13(16)9-15)12(6-3)8-10/h7-8H,4-6,9H2,1-3H3. The molecule has 0 spiro atoms. The molecule has 0 amide bonds. The predicted molar refractivity (Wildman–Crippen MR) is 69.6 cm³/mol. The van der Waals surface area contributed by atoms with Crippen molar-refractivity contribution in [3.05, 3.63) is 34.4 Å². The van der Waals surface area contributed by atoms with Gasteiger partial charge in [-0.1, -0.05) is 32.9 Å². The molecule has 1 aromatic carbocycles. The molecule has 0 bridgehead atoms. The molecule has 1 aromatic rings. The first-order valence-electron chi connectivity index (χ1n) is 5.91. The van der Waals surface area contributed by atoms with Crippen LogP contribution in [0, 0.1) is 0 Å². The third-order valence-electron chi connectivity index (χ3n) is 2.93. The Hall–Kier alpha value is -0.820. The SMILES string of the molecule is CCc1cc(CC)c(C(=O)CCl)c(CC)c1. The summed E-state index contributed by atoms with van der Waals surface area (Å²) in [5, 5.41) is 0. The van der Waals surface area contributed by atoms with Crippen molar-refractivity contribution in [1.82, 2.24) is 0 Å². The van der Waals surface area contributed by atoms with Crippen LogP contribution < -0.4 is 0 Å². The molecule has 2 heteroatoms. The molecule has 0 saturated carbocycles. The number of benzene rings is 1. The molecule has 16 heavy (non-hydrogen) atoms. The second-order valence-electron chi connectivity index (χ2n) is 3.91. The minimum absolute atomic E-state index is 0.0537. The van der Waals surface area contributed by atoms with E-state index >= 15 is 0 Å². The molecule has 0 radical (unpaired) electrons. The molecule has 88 valence electrons. The van der Waals surface area contributed by atoms with Gasteiger partial charge in [0.25, 0.3) is 0 Å². The molecule has 1 rings (SSSR count). The Morgan fingerprint density at radius 2 is 1.56 bits per heavy atom. The highest BCUT2D eigenvalue weighted by atomic mass is 35.5. The molecule has 0 aliphatic rings. The van der Waals surface area contributed by atoms with Gasteiger partial charge in [0.05, 0.1) is 5.88 Å². The Morgan fingerprint density at radius 3 is 1.88 bits per heavy atom. The summed E-state index contributed by atoms with van der Waals surface area (Å²) >= 11 is 5.67. The zero-order valence-corrected chi connectivity index (χ0v) is 11.0. The van der Waals surface area contributed by atoms with Gasteiger partial charge in [-0.25, -0.2) is 0 Å². The first-order chi connectivity index (χ1) is 7.67. The van der Waals surface area contributed by atoms with Crippen LogP contribution in [0.4, 0.5) is 0 Å². The van der Waals surface area contributed by atoms with Gasteiger partial charge in [0.15, 0.2) is 5.78 Å². The lowest BCUT2D eigenvalue weighted by Gasteiger charge is -2.13. The van der Waals surface area contributed by atoms with Crippen LogP contribution in [0.3, 0.4) is 0 Å². The van der Waals surface area contributed by atoms with Gasteiger partial charge in [-0.2, -0.15) is 0 Å². The van der Waals surface area contributed by atoms with Crippen LogP contribution in [-0.2, 0) is 19.3 Å².